The Kier molecular flexibility index (Phi) is 3.79. The molecule has 2 rings (SSSR count). The van der Waals surface area contributed by atoms with E-state index in [4.69, 9.17) is 10.3 Å². The van der Waals surface area contributed by atoms with E-state index in [1.54, 1.807) is 13.0 Å². The molecular formula is C13H16N4O2. The third kappa shape index (κ3) is 3.09. The molecule has 0 saturated carbocycles. The van der Waals surface area contributed by atoms with Gasteiger partial charge in [0.25, 0.3) is 5.91 Å². The number of aromatic nitrogens is 2. The highest BCUT2D eigenvalue weighted by atomic mass is 16.5. The van der Waals surface area contributed by atoms with Crippen LogP contribution in [0.15, 0.2) is 22.7 Å². The summed E-state index contributed by atoms with van der Waals surface area (Å²) >= 11 is 0. The molecule has 0 aliphatic rings. The molecule has 0 aliphatic carbocycles. The van der Waals surface area contributed by atoms with Crippen LogP contribution in [0.3, 0.4) is 0 Å². The van der Waals surface area contributed by atoms with Gasteiger partial charge in [0.05, 0.1) is 5.56 Å². The molecule has 19 heavy (non-hydrogen) atoms. The first-order valence-electron chi connectivity index (χ1n) is 6.00. The molecule has 100 valence electrons. The maximum absolute atomic E-state index is 12.0. The maximum Gasteiger partial charge on any atom is 0.253 e. The number of benzene rings is 1. The summed E-state index contributed by atoms with van der Waals surface area (Å²) in [7, 11) is 0. The lowest BCUT2D eigenvalue weighted by molar-refractivity contribution is 0.0953. The second-order valence-corrected chi connectivity index (χ2v) is 4.28. The lowest BCUT2D eigenvalue weighted by atomic mass is 10.1. The van der Waals surface area contributed by atoms with Gasteiger partial charge in [-0.1, -0.05) is 17.3 Å². The molecule has 0 aliphatic heterocycles. The van der Waals surface area contributed by atoms with E-state index in [-0.39, 0.29) is 5.91 Å². The summed E-state index contributed by atoms with van der Waals surface area (Å²) < 4.78 is 4.96. The molecule has 0 saturated heterocycles. The van der Waals surface area contributed by atoms with Crippen LogP contribution in [-0.2, 0) is 6.42 Å². The molecule has 0 atom stereocenters. The summed E-state index contributed by atoms with van der Waals surface area (Å²) in [6.45, 7) is 4.03. The average Bonchev–Trinajstić information content (AvgIpc) is 2.75. The van der Waals surface area contributed by atoms with Gasteiger partial charge in [-0.05, 0) is 25.5 Å². The monoisotopic (exact) mass is 260 g/mol. The third-order valence-corrected chi connectivity index (χ3v) is 2.73. The summed E-state index contributed by atoms with van der Waals surface area (Å²) in [5.41, 5.74) is 7.66. The van der Waals surface area contributed by atoms with Crippen molar-refractivity contribution in [2.24, 2.45) is 0 Å². The van der Waals surface area contributed by atoms with Crippen LogP contribution in [0.1, 0.15) is 27.6 Å². The number of nitrogens with zero attached hydrogens (tertiary/aromatic N) is 2. The standard InChI is InChI=1S/C13H16N4O2/c1-8-4-3-5-10(14)12(8)13(18)15-7-6-11-16-9(2)17-19-11/h3-5H,6-7,14H2,1-2H3,(H,15,18). The number of rotatable bonds is 4. The zero-order valence-electron chi connectivity index (χ0n) is 10.9. The van der Waals surface area contributed by atoms with E-state index in [1.165, 1.54) is 0 Å². The molecule has 0 unspecified atom stereocenters. The minimum absolute atomic E-state index is 0.188. The van der Waals surface area contributed by atoms with Gasteiger partial charge in [0.15, 0.2) is 5.82 Å². The fourth-order valence-electron chi connectivity index (χ4n) is 1.81. The molecule has 1 heterocycles. The summed E-state index contributed by atoms with van der Waals surface area (Å²) in [5, 5.41) is 6.47. The van der Waals surface area contributed by atoms with Gasteiger partial charge in [0, 0.05) is 18.7 Å². The molecule has 0 radical (unpaired) electrons. The fraction of sp³-hybridized carbons (Fsp3) is 0.308. The van der Waals surface area contributed by atoms with E-state index in [0.29, 0.717) is 35.9 Å². The Morgan fingerprint density at radius 1 is 1.42 bits per heavy atom. The SMILES string of the molecule is Cc1noc(CCNC(=O)c2c(C)cccc2N)n1. The van der Waals surface area contributed by atoms with Crippen molar-refractivity contribution in [1.29, 1.82) is 0 Å². The van der Waals surface area contributed by atoms with E-state index >= 15 is 0 Å². The van der Waals surface area contributed by atoms with Crippen LogP contribution >= 0.6 is 0 Å². The smallest absolute Gasteiger partial charge is 0.253 e. The number of carbonyl (C=O) groups excluding carboxylic acids is 1. The Morgan fingerprint density at radius 3 is 2.84 bits per heavy atom. The Hall–Kier alpha value is -2.37. The molecule has 6 nitrogen and oxygen atoms in total. The number of nitrogens with two attached hydrogens (primary N) is 1. The topological polar surface area (TPSA) is 94.0 Å². The van der Waals surface area contributed by atoms with E-state index in [0.717, 1.165) is 5.56 Å². The first-order chi connectivity index (χ1) is 9.08. The number of anilines is 1. The van der Waals surface area contributed by atoms with Crippen molar-refractivity contribution in [3.63, 3.8) is 0 Å². The normalized spacial score (nSPS) is 10.4. The van der Waals surface area contributed by atoms with Gasteiger partial charge < -0.3 is 15.6 Å². The van der Waals surface area contributed by atoms with Crippen molar-refractivity contribution in [1.82, 2.24) is 15.5 Å². The van der Waals surface area contributed by atoms with Crippen LogP contribution < -0.4 is 11.1 Å². The summed E-state index contributed by atoms with van der Waals surface area (Å²) in [6, 6.07) is 5.39. The Morgan fingerprint density at radius 2 is 2.21 bits per heavy atom. The van der Waals surface area contributed by atoms with E-state index in [9.17, 15) is 4.79 Å². The van der Waals surface area contributed by atoms with Gasteiger partial charge in [0.1, 0.15) is 0 Å². The number of carbonyl (C=O) groups is 1. The first-order valence-corrected chi connectivity index (χ1v) is 6.00. The predicted octanol–water partition coefficient (Wildman–Crippen LogP) is 1.24. The van der Waals surface area contributed by atoms with Gasteiger partial charge >= 0.3 is 0 Å². The van der Waals surface area contributed by atoms with E-state index in [1.807, 2.05) is 19.1 Å². The quantitative estimate of drug-likeness (QED) is 0.807. The van der Waals surface area contributed by atoms with Crippen LogP contribution in [0.4, 0.5) is 5.69 Å². The number of hydrogen-bond acceptors (Lipinski definition) is 5. The molecule has 2 aromatic rings. The predicted molar refractivity (Wildman–Crippen MR) is 70.7 cm³/mol. The van der Waals surface area contributed by atoms with Crippen LogP contribution in [-0.4, -0.2) is 22.6 Å². The van der Waals surface area contributed by atoms with Crippen LogP contribution in [0.5, 0.6) is 0 Å². The molecule has 1 amide bonds. The average molecular weight is 260 g/mol. The minimum atomic E-state index is -0.188. The summed E-state index contributed by atoms with van der Waals surface area (Å²) in [5.74, 6) is 0.909. The largest absolute Gasteiger partial charge is 0.398 e. The molecule has 1 aromatic carbocycles. The molecule has 3 N–H and O–H groups in total. The van der Waals surface area contributed by atoms with E-state index in [2.05, 4.69) is 15.5 Å². The summed E-state index contributed by atoms with van der Waals surface area (Å²) in [4.78, 5) is 16.1. The van der Waals surface area contributed by atoms with Crippen molar-refractivity contribution in [2.75, 3.05) is 12.3 Å². The third-order valence-electron chi connectivity index (χ3n) is 2.73. The Bertz CT molecular complexity index is 572. The highest BCUT2D eigenvalue weighted by Crippen LogP contribution is 2.15. The van der Waals surface area contributed by atoms with Gasteiger partial charge in [-0.15, -0.1) is 0 Å². The van der Waals surface area contributed by atoms with E-state index < -0.39 is 0 Å². The van der Waals surface area contributed by atoms with Gasteiger partial charge in [0.2, 0.25) is 5.89 Å². The fourth-order valence-corrected chi connectivity index (χ4v) is 1.81. The molecule has 0 spiro atoms. The number of aryl methyl sites for hydroxylation is 2. The number of amides is 1. The summed E-state index contributed by atoms with van der Waals surface area (Å²) in [6.07, 6.45) is 0.498. The second kappa shape index (κ2) is 5.51. The number of nitrogens with one attached hydrogen (secondary N) is 1. The Labute approximate surface area is 111 Å². The van der Waals surface area contributed by atoms with Gasteiger partial charge in [-0.2, -0.15) is 4.98 Å². The second-order valence-electron chi connectivity index (χ2n) is 4.28. The van der Waals surface area contributed by atoms with Crippen molar-refractivity contribution in [2.45, 2.75) is 20.3 Å². The van der Waals surface area contributed by atoms with Crippen molar-refractivity contribution in [3.8, 4) is 0 Å². The molecule has 0 fully saturated rings. The first kappa shape index (κ1) is 13.1. The molecule has 1 aromatic heterocycles. The highest BCUT2D eigenvalue weighted by Gasteiger charge is 2.12. The Balaban J connectivity index is 1.94. The van der Waals surface area contributed by atoms with Crippen LogP contribution in [0, 0.1) is 13.8 Å². The minimum Gasteiger partial charge on any atom is -0.398 e. The zero-order chi connectivity index (χ0) is 13.8. The number of nitrogen functional groups attached to an aromatic ring is 1. The van der Waals surface area contributed by atoms with Crippen molar-refractivity contribution < 1.29 is 9.32 Å². The zero-order valence-corrected chi connectivity index (χ0v) is 10.9. The molecule has 6 heteroatoms. The lowest BCUT2D eigenvalue weighted by Crippen LogP contribution is -2.27. The van der Waals surface area contributed by atoms with Crippen LogP contribution in [0.2, 0.25) is 0 Å². The van der Waals surface area contributed by atoms with Crippen molar-refractivity contribution >= 4 is 11.6 Å². The van der Waals surface area contributed by atoms with Gasteiger partial charge in [-0.3, -0.25) is 4.79 Å². The molecular weight excluding hydrogens is 244 g/mol. The maximum atomic E-state index is 12.0. The molecule has 0 bridgehead atoms. The lowest BCUT2D eigenvalue weighted by Gasteiger charge is -2.09. The van der Waals surface area contributed by atoms with Crippen molar-refractivity contribution in [3.05, 3.63) is 41.0 Å². The highest BCUT2D eigenvalue weighted by molar-refractivity contribution is 6.00. The number of hydrogen-bond donors (Lipinski definition) is 2. The van der Waals surface area contributed by atoms with Gasteiger partial charge in [-0.25, -0.2) is 0 Å². The van der Waals surface area contributed by atoms with Crippen LogP contribution in [0.25, 0.3) is 0 Å².